The minimum absolute atomic E-state index is 0.170. The highest BCUT2D eigenvalue weighted by Crippen LogP contribution is 2.19. The smallest absolute Gasteiger partial charge is 0.180 e. The molecule has 118 valence electrons. The van der Waals surface area contributed by atoms with Gasteiger partial charge >= 0.3 is 0 Å². The van der Waals surface area contributed by atoms with Crippen LogP contribution in [0.15, 0.2) is 48.8 Å². The highest BCUT2D eigenvalue weighted by atomic mass is 16.5. The van der Waals surface area contributed by atoms with Crippen LogP contribution in [0.25, 0.3) is 11.2 Å². The van der Waals surface area contributed by atoms with Gasteiger partial charge in [0.2, 0.25) is 0 Å². The molecule has 0 aliphatic rings. The minimum Gasteiger partial charge on any atom is -0.491 e. The SMILES string of the molecule is CC(C)Oc1cccc(CN(C)c2ccc3nccnc3n2)c1. The number of hydrogen-bond donors (Lipinski definition) is 0. The van der Waals surface area contributed by atoms with Crippen molar-refractivity contribution in [3.05, 3.63) is 54.4 Å². The van der Waals surface area contributed by atoms with Gasteiger partial charge in [0.05, 0.1) is 6.10 Å². The predicted octanol–water partition coefficient (Wildman–Crippen LogP) is 3.45. The molecule has 3 rings (SSSR count). The number of aromatic nitrogens is 3. The number of fused-ring (bicyclic) bond motifs is 1. The van der Waals surface area contributed by atoms with E-state index < -0.39 is 0 Å². The van der Waals surface area contributed by atoms with Gasteiger partial charge in [0.15, 0.2) is 5.65 Å². The van der Waals surface area contributed by atoms with Gasteiger partial charge in [-0.15, -0.1) is 0 Å². The Balaban J connectivity index is 1.78. The van der Waals surface area contributed by atoms with Crippen molar-refractivity contribution < 1.29 is 4.74 Å². The van der Waals surface area contributed by atoms with Crippen LogP contribution in [0.5, 0.6) is 5.75 Å². The molecule has 0 amide bonds. The molecule has 23 heavy (non-hydrogen) atoms. The maximum atomic E-state index is 5.75. The molecule has 5 heteroatoms. The summed E-state index contributed by atoms with van der Waals surface area (Å²) in [5.41, 5.74) is 2.64. The van der Waals surface area contributed by atoms with E-state index in [1.54, 1.807) is 12.4 Å². The highest BCUT2D eigenvalue weighted by molar-refractivity contribution is 5.71. The lowest BCUT2D eigenvalue weighted by Gasteiger charge is -2.19. The van der Waals surface area contributed by atoms with Crippen LogP contribution >= 0.6 is 0 Å². The Labute approximate surface area is 136 Å². The van der Waals surface area contributed by atoms with E-state index in [4.69, 9.17) is 4.74 Å². The predicted molar refractivity (Wildman–Crippen MR) is 91.6 cm³/mol. The number of rotatable bonds is 5. The van der Waals surface area contributed by atoms with Gasteiger partial charge in [0.25, 0.3) is 0 Å². The van der Waals surface area contributed by atoms with Crippen molar-refractivity contribution in [1.29, 1.82) is 0 Å². The molecule has 0 saturated heterocycles. The summed E-state index contributed by atoms with van der Waals surface area (Å²) >= 11 is 0. The summed E-state index contributed by atoms with van der Waals surface area (Å²) in [5.74, 6) is 1.76. The monoisotopic (exact) mass is 308 g/mol. The molecule has 0 saturated carbocycles. The van der Waals surface area contributed by atoms with E-state index in [9.17, 15) is 0 Å². The second-order valence-corrected chi connectivity index (χ2v) is 5.74. The molecular formula is C18H20N4O. The Morgan fingerprint density at radius 1 is 1.09 bits per heavy atom. The van der Waals surface area contributed by atoms with Crippen molar-refractivity contribution in [3.63, 3.8) is 0 Å². The number of nitrogens with zero attached hydrogens (tertiary/aromatic N) is 4. The van der Waals surface area contributed by atoms with Crippen molar-refractivity contribution >= 4 is 17.0 Å². The van der Waals surface area contributed by atoms with Crippen LogP contribution in [0.4, 0.5) is 5.82 Å². The number of anilines is 1. The third-order valence-corrected chi connectivity index (χ3v) is 3.40. The first-order chi connectivity index (χ1) is 11.1. The first kappa shape index (κ1) is 15.2. The van der Waals surface area contributed by atoms with Gasteiger partial charge < -0.3 is 9.64 Å². The van der Waals surface area contributed by atoms with Gasteiger partial charge in [-0.25, -0.2) is 9.97 Å². The number of hydrogen-bond acceptors (Lipinski definition) is 5. The highest BCUT2D eigenvalue weighted by Gasteiger charge is 2.07. The van der Waals surface area contributed by atoms with Crippen molar-refractivity contribution in [2.75, 3.05) is 11.9 Å². The average molecular weight is 308 g/mol. The van der Waals surface area contributed by atoms with Crippen LogP contribution in [-0.4, -0.2) is 28.1 Å². The van der Waals surface area contributed by atoms with E-state index in [-0.39, 0.29) is 6.10 Å². The molecule has 1 aromatic carbocycles. The second kappa shape index (κ2) is 6.60. The molecule has 0 atom stereocenters. The molecule has 2 heterocycles. The fourth-order valence-corrected chi connectivity index (χ4v) is 2.40. The standard InChI is InChI=1S/C18H20N4O/c1-13(2)23-15-6-4-5-14(11-15)12-22(3)17-8-7-16-18(21-17)20-10-9-19-16/h4-11,13H,12H2,1-3H3. The van der Waals surface area contributed by atoms with Gasteiger partial charge in [0.1, 0.15) is 17.1 Å². The van der Waals surface area contributed by atoms with Gasteiger partial charge in [0, 0.05) is 26.0 Å². The van der Waals surface area contributed by atoms with Gasteiger partial charge in [-0.1, -0.05) is 12.1 Å². The first-order valence-electron chi connectivity index (χ1n) is 7.66. The first-order valence-corrected chi connectivity index (χ1v) is 7.66. The van der Waals surface area contributed by atoms with Crippen LogP contribution in [0.2, 0.25) is 0 Å². The fraction of sp³-hybridized carbons (Fsp3) is 0.278. The summed E-state index contributed by atoms with van der Waals surface area (Å²) in [6.45, 7) is 4.80. The van der Waals surface area contributed by atoms with E-state index in [0.717, 1.165) is 23.6 Å². The maximum Gasteiger partial charge on any atom is 0.180 e. The third-order valence-electron chi connectivity index (χ3n) is 3.40. The van der Waals surface area contributed by atoms with Crippen molar-refractivity contribution in [3.8, 4) is 5.75 Å². The normalized spacial score (nSPS) is 11.0. The fourth-order valence-electron chi connectivity index (χ4n) is 2.40. The van der Waals surface area contributed by atoms with Crippen LogP contribution in [-0.2, 0) is 6.54 Å². The van der Waals surface area contributed by atoms with E-state index in [1.807, 2.05) is 45.2 Å². The Morgan fingerprint density at radius 3 is 2.74 bits per heavy atom. The zero-order chi connectivity index (χ0) is 16.2. The molecule has 0 fully saturated rings. The lowest BCUT2D eigenvalue weighted by atomic mass is 10.2. The Hall–Kier alpha value is -2.69. The summed E-state index contributed by atoms with van der Waals surface area (Å²) in [4.78, 5) is 15.2. The summed E-state index contributed by atoms with van der Waals surface area (Å²) in [6.07, 6.45) is 3.50. The van der Waals surface area contributed by atoms with Gasteiger partial charge in [-0.05, 0) is 43.7 Å². The molecule has 3 aromatic rings. The van der Waals surface area contributed by atoms with Gasteiger partial charge in [-0.2, -0.15) is 0 Å². The summed E-state index contributed by atoms with van der Waals surface area (Å²) < 4.78 is 5.75. The molecular weight excluding hydrogens is 288 g/mol. The zero-order valence-electron chi connectivity index (χ0n) is 13.6. The molecule has 0 spiro atoms. The van der Waals surface area contributed by atoms with E-state index >= 15 is 0 Å². The van der Waals surface area contributed by atoms with Crippen molar-refractivity contribution in [2.45, 2.75) is 26.5 Å². The average Bonchev–Trinajstić information content (AvgIpc) is 2.54. The van der Waals surface area contributed by atoms with Crippen LogP contribution in [0.1, 0.15) is 19.4 Å². The number of pyridine rings is 1. The zero-order valence-corrected chi connectivity index (χ0v) is 13.6. The molecule has 0 aliphatic carbocycles. The largest absolute Gasteiger partial charge is 0.491 e. The van der Waals surface area contributed by atoms with E-state index in [2.05, 4.69) is 32.0 Å². The topological polar surface area (TPSA) is 51.1 Å². The van der Waals surface area contributed by atoms with Crippen molar-refractivity contribution in [2.24, 2.45) is 0 Å². The Bertz CT molecular complexity index is 804. The molecule has 5 nitrogen and oxygen atoms in total. The van der Waals surface area contributed by atoms with Crippen LogP contribution in [0.3, 0.4) is 0 Å². The summed E-state index contributed by atoms with van der Waals surface area (Å²) in [6, 6.07) is 12.1. The lowest BCUT2D eigenvalue weighted by Crippen LogP contribution is -2.18. The lowest BCUT2D eigenvalue weighted by molar-refractivity contribution is 0.242. The Kier molecular flexibility index (Phi) is 4.37. The van der Waals surface area contributed by atoms with Crippen LogP contribution in [0, 0.1) is 0 Å². The second-order valence-electron chi connectivity index (χ2n) is 5.74. The van der Waals surface area contributed by atoms with Crippen molar-refractivity contribution in [1.82, 2.24) is 15.0 Å². The molecule has 0 aliphatic heterocycles. The summed E-state index contributed by atoms with van der Waals surface area (Å²) in [7, 11) is 2.01. The molecule has 0 radical (unpaired) electrons. The number of ether oxygens (including phenoxy) is 1. The minimum atomic E-state index is 0.170. The van der Waals surface area contributed by atoms with E-state index in [0.29, 0.717) is 5.65 Å². The Morgan fingerprint density at radius 2 is 1.91 bits per heavy atom. The quantitative estimate of drug-likeness (QED) is 0.722. The maximum absolute atomic E-state index is 5.75. The molecule has 0 bridgehead atoms. The van der Waals surface area contributed by atoms with Crippen LogP contribution < -0.4 is 9.64 Å². The molecule has 2 aromatic heterocycles. The van der Waals surface area contributed by atoms with Gasteiger partial charge in [-0.3, -0.25) is 4.98 Å². The number of benzene rings is 1. The molecule has 0 unspecified atom stereocenters. The van der Waals surface area contributed by atoms with E-state index in [1.165, 1.54) is 5.56 Å². The third kappa shape index (κ3) is 3.74. The molecule has 0 N–H and O–H groups in total. The summed E-state index contributed by atoms with van der Waals surface area (Å²) in [5, 5.41) is 0.